The van der Waals surface area contributed by atoms with E-state index in [1.165, 1.54) is 0 Å². The van der Waals surface area contributed by atoms with Gasteiger partial charge >= 0.3 is 5.97 Å². The van der Waals surface area contributed by atoms with Crippen LogP contribution in [0.25, 0.3) is 0 Å². The number of carbonyl (C=O) groups excluding carboxylic acids is 1. The van der Waals surface area contributed by atoms with E-state index in [2.05, 4.69) is 0 Å². The lowest BCUT2D eigenvalue weighted by molar-refractivity contribution is -0.240. The van der Waals surface area contributed by atoms with Gasteiger partial charge in [0.2, 0.25) is 6.29 Å². The number of esters is 1. The van der Waals surface area contributed by atoms with Gasteiger partial charge < -0.3 is 9.47 Å². The van der Waals surface area contributed by atoms with E-state index in [-0.39, 0.29) is 23.9 Å². The molecule has 114 valence electrons. The molecule has 3 heteroatoms. The summed E-state index contributed by atoms with van der Waals surface area (Å²) in [6.45, 7) is 4.04. The topological polar surface area (TPSA) is 35.5 Å². The molecule has 3 nitrogen and oxygen atoms in total. The van der Waals surface area contributed by atoms with Gasteiger partial charge in [0.05, 0.1) is 5.92 Å². The molecule has 0 amide bonds. The second-order valence-corrected chi connectivity index (χ2v) is 5.92. The van der Waals surface area contributed by atoms with Crippen LogP contribution in [-0.4, -0.2) is 5.97 Å². The zero-order chi connectivity index (χ0) is 15.5. The number of rotatable bonds is 3. The van der Waals surface area contributed by atoms with E-state index in [9.17, 15) is 4.79 Å². The van der Waals surface area contributed by atoms with Gasteiger partial charge in [-0.2, -0.15) is 0 Å². The minimum Gasteiger partial charge on any atom is -0.431 e. The molecule has 3 atom stereocenters. The molecule has 0 radical (unpaired) electrons. The Balaban J connectivity index is 1.94. The Morgan fingerprint density at radius 3 is 1.95 bits per heavy atom. The van der Waals surface area contributed by atoms with Crippen molar-refractivity contribution in [3.05, 3.63) is 71.8 Å². The summed E-state index contributed by atoms with van der Waals surface area (Å²) in [6, 6.07) is 19.5. The lowest BCUT2D eigenvalue weighted by atomic mass is 9.85. The fourth-order valence-electron chi connectivity index (χ4n) is 2.86. The quantitative estimate of drug-likeness (QED) is 0.793. The normalized spacial score (nSPS) is 25.0. The average Bonchev–Trinajstić information content (AvgIpc) is 2.55. The van der Waals surface area contributed by atoms with Crippen LogP contribution in [-0.2, 0) is 14.3 Å². The molecule has 3 rings (SSSR count). The van der Waals surface area contributed by atoms with E-state index in [4.69, 9.17) is 9.47 Å². The van der Waals surface area contributed by atoms with Crippen molar-refractivity contribution >= 4 is 5.97 Å². The van der Waals surface area contributed by atoms with Crippen LogP contribution in [0.5, 0.6) is 0 Å². The Labute approximate surface area is 130 Å². The van der Waals surface area contributed by atoms with Gasteiger partial charge in [-0.1, -0.05) is 74.5 Å². The smallest absolute Gasteiger partial charge is 0.314 e. The fourth-order valence-corrected chi connectivity index (χ4v) is 2.86. The van der Waals surface area contributed by atoms with Crippen molar-refractivity contribution in [1.29, 1.82) is 0 Å². The molecule has 1 aliphatic heterocycles. The minimum absolute atomic E-state index is 0.148. The van der Waals surface area contributed by atoms with Gasteiger partial charge in [0.15, 0.2) is 0 Å². The van der Waals surface area contributed by atoms with E-state index in [1.54, 1.807) is 0 Å². The summed E-state index contributed by atoms with van der Waals surface area (Å²) in [7, 11) is 0. The molecule has 0 aliphatic carbocycles. The molecule has 0 N–H and O–H groups in total. The molecule has 1 fully saturated rings. The van der Waals surface area contributed by atoms with E-state index < -0.39 is 6.29 Å². The Bertz CT molecular complexity index is 622. The predicted octanol–water partition coefficient (Wildman–Crippen LogP) is 4.27. The van der Waals surface area contributed by atoms with Gasteiger partial charge in [-0.15, -0.1) is 0 Å². The van der Waals surface area contributed by atoms with Gasteiger partial charge in [0.1, 0.15) is 6.10 Å². The number of cyclic esters (lactones) is 1. The summed E-state index contributed by atoms with van der Waals surface area (Å²) >= 11 is 0. The van der Waals surface area contributed by atoms with Crippen LogP contribution in [0, 0.1) is 11.8 Å². The van der Waals surface area contributed by atoms with Crippen molar-refractivity contribution in [1.82, 2.24) is 0 Å². The molecule has 0 aromatic heterocycles. The van der Waals surface area contributed by atoms with Crippen LogP contribution in [0.3, 0.4) is 0 Å². The van der Waals surface area contributed by atoms with Crippen LogP contribution in [0.4, 0.5) is 0 Å². The van der Waals surface area contributed by atoms with Gasteiger partial charge in [0, 0.05) is 5.56 Å². The summed E-state index contributed by atoms with van der Waals surface area (Å²) in [5.74, 6) is -0.333. The second-order valence-electron chi connectivity index (χ2n) is 5.92. The van der Waals surface area contributed by atoms with Crippen molar-refractivity contribution in [2.24, 2.45) is 11.8 Å². The van der Waals surface area contributed by atoms with Crippen LogP contribution in [0.2, 0.25) is 0 Å². The van der Waals surface area contributed by atoms with Gasteiger partial charge in [0.25, 0.3) is 0 Å². The van der Waals surface area contributed by atoms with E-state index >= 15 is 0 Å². The summed E-state index contributed by atoms with van der Waals surface area (Å²) < 4.78 is 11.7. The van der Waals surface area contributed by atoms with E-state index in [1.807, 2.05) is 74.5 Å². The molecule has 0 spiro atoms. The molecule has 1 aliphatic rings. The molecule has 0 saturated carbocycles. The first-order valence-corrected chi connectivity index (χ1v) is 7.62. The molecule has 1 heterocycles. The van der Waals surface area contributed by atoms with Gasteiger partial charge in [-0.25, -0.2) is 0 Å². The van der Waals surface area contributed by atoms with Crippen LogP contribution in [0.15, 0.2) is 60.7 Å². The third-order valence-electron chi connectivity index (χ3n) is 4.01. The predicted molar refractivity (Wildman–Crippen MR) is 83.9 cm³/mol. The molecule has 22 heavy (non-hydrogen) atoms. The SMILES string of the molecule is CC(C)C1C(=O)OC(c2ccccc2)OC1c1ccccc1. The molecular formula is C19H20O3. The Hall–Kier alpha value is -2.13. The minimum atomic E-state index is -0.645. The van der Waals surface area contributed by atoms with Crippen molar-refractivity contribution in [3.8, 4) is 0 Å². The lowest BCUT2D eigenvalue weighted by Gasteiger charge is -2.37. The first-order valence-electron chi connectivity index (χ1n) is 7.62. The maximum atomic E-state index is 12.5. The second kappa shape index (κ2) is 6.32. The molecule has 0 bridgehead atoms. The maximum absolute atomic E-state index is 12.5. The number of ether oxygens (including phenoxy) is 2. The van der Waals surface area contributed by atoms with Crippen molar-refractivity contribution in [3.63, 3.8) is 0 Å². The zero-order valence-corrected chi connectivity index (χ0v) is 12.8. The summed E-state index contributed by atoms with van der Waals surface area (Å²) in [6.07, 6.45) is -0.929. The first kappa shape index (κ1) is 14.8. The maximum Gasteiger partial charge on any atom is 0.314 e. The molecule has 1 saturated heterocycles. The Morgan fingerprint density at radius 2 is 1.41 bits per heavy atom. The van der Waals surface area contributed by atoms with Crippen molar-refractivity contribution in [2.75, 3.05) is 0 Å². The highest BCUT2D eigenvalue weighted by molar-refractivity contribution is 5.74. The number of benzene rings is 2. The third-order valence-corrected chi connectivity index (χ3v) is 4.01. The van der Waals surface area contributed by atoms with Crippen LogP contribution in [0.1, 0.15) is 37.4 Å². The monoisotopic (exact) mass is 296 g/mol. The van der Waals surface area contributed by atoms with Gasteiger partial charge in [-0.05, 0) is 11.5 Å². The zero-order valence-electron chi connectivity index (χ0n) is 12.8. The van der Waals surface area contributed by atoms with Crippen LogP contribution < -0.4 is 0 Å². The molecule has 2 aromatic rings. The highest BCUT2D eigenvalue weighted by Crippen LogP contribution is 2.41. The van der Waals surface area contributed by atoms with Crippen LogP contribution >= 0.6 is 0 Å². The van der Waals surface area contributed by atoms with E-state index in [0.29, 0.717) is 0 Å². The summed E-state index contributed by atoms with van der Waals surface area (Å²) in [4.78, 5) is 12.5. The highest BCUT2D eigenvalue weighted by Gasteiger charge is 2.42. The number of hydrogen-bond donors (Lipinski definition) is 0. The summed E-state index contributed by atoms with van der Waals surface area (Å²) in [5, 5.41) is 0. The lowest BCUT2D eigenvalue weighted by Crippen LogP contribution is -2.37. The highest BCUT2D eigenvalue weighted by atomic mass is 16.7. The first-order chi connectivity index (χ1) is 10.7. The number of hydrogen-bond acceptors (Lipinski definition) is 3. The van der Waals surface area contributed by atoms with Crippen molar-refractivity contribution in [2.45, 2.75) is 26.2 Å². The van der Waals surface area contributed by atoms with Gasteiger partial charge in [-0.3, -0.25) is 4.79 Å². The van der Waals surface area contributed by atoms with E-state index in [0.717, 1.165) is 11.1 Å². The third kappa shape index (κ3) is 2.90. The fraction of sp³-hybridized carbons (Fsp3) is 0.316. The Morgan fingerprint density at radius 1 is 0.864 bits per heavy atom. The molecular weight excluding hydrogens is 276 g/mol. The molecule has 2 aromatic carbocycles. The van der Waals surface area contributed by atoms with Crippen molar-refractivity contribution < 1.29 is 14.3 Å². The standard InChI is InChI=1S/C19H20O3/c1-13(2)16-17(14-9-5-3-6-10-14)21-19(22-18(16)20)15-11-7-4-8-12-15/h3-13,16-17,19H,1-2H3. The largest absolute Gasteiger partial charge is 0.431 e. The average molecular weight is 296 g/mol. The number of carbonyl (C=O) groups is 1. The summed E-state index contributed by atoms with van der Waals surface area (Å²) in [5.41, 5.74) is 1.87. The molecule has 3 unspecified atom stereocenters. The Kier molecular flexibility index (Phi) is 4.25.